The van der Waals surface area contributed by atoms with Gasteiger partial charge in [-0.25, -0.2) is 35.9 Å². The normalized spacial score (nSPS) is 13.2. The zero-order chi connectivity index (χ0) is 56.4. The number of aromatic carboxylic acids is 1. The number of halogens is 8. The Kier molecular flexibility index (Phi) is 16.5. The average molecular weight is 1210 g/mol. The van der Waals surface area contributed by atoms with Crippen LogP contribution in [-0.4, -0.2) is 58.2 Å². The van der Waals surface area contributed by atoms with E-state index in [1.165, 1.54) is 19.2 Å². The summed E-state index contributed by atoms with van der Waals surface area (Å²) in [5, 5.41) is 9.79. The van der Waals surface area contributed by atoms with E-state index in [1.807, 2.05) is 53.3 Å². The predicted octanol–water partition coefficient (Wildman–Crippen LogP) is 14.2. The lowest BCUT2D eigenvalue weighted by atomic mass is 10.1. The number of aromatic nitrogens is 2. The molecule has 1 N–H and O–H groups in total. The lowest BCUT2D eigenvalue weighted by molar-refractivity contribution is -0.117. The smallest absolute Gasteiger partial charge is 0.337 e. The number of aryl methyl sites for hydroxylation is 2. The fraction of sp³-hybridized carbons (Fsp3) is 0.186. The fourth-order valence-corrected chi connectivity index (χ4v) is 10.2. The zero-order valence-electron chi connectivity index (χ0n) is 42.3. The second kappa shape index (κ2) is 23.5. The molecule has 0 saturated carbocycles. The van der Waals surface area contributed by atoms with Gasteiger partial charge in [-0.1, -0.05) is 31.9 Å². The van der Waals surface area contributed by atoms with Crippen molar-refractivity contribution >= 4 is 67.0 Å². The molecule has 0 spiro atoms. The molecule has 4 heterocycles. The van der Waals surface area contributed by atoms with Crippen molar-refractivity contribution in [3.63, 3.8) is 0 Å². The third kappa shape index (κ3) is 12.0. The molecule has 2 saturated heterocycles. The summed E-state index contributed by atoms with van der Waals surface area (Å²) in [5.74, 6) is -7.39. The van der Waals surface area contributed by atoms with E-state index < -0.39 is 71.2 Å². The summed E-state index contributed by atoms with van der Waals surface area (Å²) in [6.45, 7) is 3.82. The van der Waals surface area contributed by atoms with Crippen LogP contribution in [0.4, 0.5) is 37.7 Å². The summed E-state index contributed by atoms with van der Waals surface area (Å²) in [5.41, 5.74) is 5.69. The standard InChI is InChI=1S/C30H24BrF3N2O4.C29H22BrF3N2O4/c1-17-5-7-27(23-12-19(31)6-8-28(23)40-16-24-25(33)13-20(32)14-26(24)34)36(17)22-11-18(30(38)39-2)10-21(15-22)35-9-3-4-29(35)37;1-16-4-6-26(35(16)21-10-17(29(37)38)9-20(14-21)34-8-2-3-28(34)36)22-11-18(30)5-7-27(22)39-15-23-24(32)12-19(31)13-25(23)33/h5-8,10-15H,3-4,9,16H2,1-2H3;4-7,9-14H,2-3,8,15H2,1H3,(H,37,38). The molecule has 0 unspecified atom stereocenters. The molecule has 2 amide bonds. The highest BCUT2D eigenvalue weighted by Crippen LogP contribution is 2.40. The van der Waals surface area contributed by atoms with Crippen LogP contribution in [0, 0.1) is 48.8 Å². The molecule has 6 aromatic carbocycles. The van der Waals surface area contributed by atoms with Crippen LogP contribution in [0.2, 0.25) is 0 Å². The van der Waals surface area contributed by atoms with Gasteiger partial charge in [-0.3, -0.25) is 9.59 Å². The molecule has 8 aromatic rings. The number of nitrogens with zero attached hydrogens (tertiary/aromatic N) is 4. The van der Waals surface area contributed by atoms with E-state index in [-0.39, 0.29) is 22.9 Å². The van der Waals surface area contributed by atoms with E-state index in [0.717, 1.165) is 22.3 Å². The lowest BCUT2D eigenvalue weighted by Gasteiger charge is -2.21. The van der Waals surface area contributed by atoms with Crippen LogP contribution in [-0.2, 0) is 27.5 Å². The van der Waals surface area contributed by atoms with E-state index in [9.17, 15) is 50.6 Å². The van der Waals surface area contributed by atoms with Gasteiger partial charge in [0.15, 0.2) is 0 Å². The monoisotopic (exact) mass is 1210 g/mol. The molecule has 0 radical (unpaired) electrons. The number of carbonyl (C=O) groups excluding carboxylic acids is 3. The summed E-state index contributed by atoms with van der Waals surface area (Å²) < 4.78 is 106. The minimum absolute atomic E-state index is 0.0224. The first-order valence-corrected chi connectivity index (χ1v) is 26.1. The molecule has 2 fully saturated rings. The van der Waals surface area contributed by atoms with Gasteiger partial charge in [-0.05, 0) is 124 Å². The van der Waals surface area contributed by atoms with Crippen LogP contribution >= 0.6 is 31.9 Å². The number of esters is 1. The van der Waals surface area contributed by atoms with Crippen molar-refractivity contribution in [1.29, 1.82) is 0 Å². The van der Waals surface area contributed by atoms with E-state index in [2.05, 4.69) is 31.9 Å². The fourth-order valence-electron chi connectivity index (χ4n) is 9.52. The van der Waals surface area contributed by atoms with Crippen molar-refractivity contribution < 1.29 is 64.8 Å². The van der Waals surface area contributed by atoms with Crippen LogP contribution < -0.4 is 19.3 Å². The van der Waals surface area contributed by atoms with Crippen LogP contribution in [0.3, 0.4) is 0 Å². The quantitative estimate of drug-likeness (QED) is 0.0841. The van der Waals surface area contributed by atoms with Crippen molar-refractivity contribution in [3.05, 3.63) is 199 Å². The molecule has 0 bridgehead atoms. The van der Waals surface area contributed by atoms with Gasteiger partial charge < -0.3 is 38.3 Å². The summed E-state index contributed by atoms with van der Waals surface area (Å²) in [7, 11) is 1.29. The number of rotatable bonds is 14. The minimum atomic E-state index is -1.13. The molecule has 406 valence electrons. The molecule has 2 aliphatic heterocycles. The number of carboxylic acids is 1. The van der Waals surface area contributed by atoms with Crippen molar-refractivity contribution in [1.82, 2.24) is 9.13 Å². The Labute approximate surface area is 465 Å². The first kappa shape index (κ1) is 55.6. The van der Waals surface area contributed by atoms with Crippen LogP contribution in [0.15, 0.2) is 130 Å². The van der Waals surface area contributed by atoms with Gasteiger partial charge in [0.05, 0.1) is 40.8 Å². The van der Waals surface area contributed by atoms with E-state index in [1.54, 1.807) is 64.4 Å². The first-order valence-electron chi connectivity index (χ1n) is 24.5. The SMILES string of the molecule is COC(=O)c1cc(N2CCCC2=O)cc(-n2c(C)ccc2-c2cc(Br)ccc2OCc2c(F)cc(F)cc2F)c1.Cc1ccc(-c2cc(Br)ccc2OCc2c(F)cc(F)cc2F)n1-c1cc(C(=O)O)cc(N2CCCC2=O)c1. The Bertz CT molecular complexity index is 3690. The number of amides is 2. The number of hydrogen-bond donors (Lipinski definition) is 1. The van der Waals surface area contributed by atoms with Gasteiger partial charge in [-0.15, -0.1) is 0 Å². The molecular weight excluding hydrogens is 1170 g/mol. The third-order valence-electron chi connectivity index (χ3n) is 13.3. The van der Waals surface area contributed by atoms with Gasteiger partial charge in [0.1, 0.15) is 59.6 Å². The van der Waals surface area contributed by atoms with Crippen LogP contribution in [0.5, 0.6) is 11.5 Å². The molecule has 12 nitrogen and oxygen atoms in total. The molecule has 0 aliphatic carbocycles. The maximum absolute atomic E-state index is 14.3. The molecule has 0 atom stereocenters. The molecule has 2 aromatic heterocycles. The van der Waals surface area contributed by atoms with Crippen molar-refractivity contribution in [3.8, 4) is 45.4 Å². The largest absolute Gasteiger partial charge is 0.488 e. The maximum Gasteiger partial charge on any atom is 0.337 e. The average Bonchev–Trinajstić information content (AvgIpc) is 4.23. The zero-order valence-corrected chi connectivity index (χ0v) is 45.5. The second-order valence-electron chi connectivity index (χ2n) is 18.5. The number of ether oxygens (including phenoxy) is 3. The molecule has 79 heavy (non-hydrogen) atoms. The number of carboxylic acid groups (broad SMARTS) is 1. The van der Waals surface area contributed by atoms with E-state index in [0.29, 0.717) is 118 Å². The molecule has 20 heteroatoms. The van der Waals surface area contributed by atoms with Gasteiger partial charge in [0.25, 0.3) is 0 Å². The Morgan fingerprint density at radius 1 is 0.532 bits per heavy atom. The lowest BCUT2D eigenvalue weighted by Crippen LogP contribution is -2.24. The highest BCUT2D eigenvalue weighted by atomic mass is 79.9. The molecular formula is C59H46Br2F6N4O8. The van der Waals surface area contributed by atoms with Gasteiger partial charge in [0.2, 0.25) is 11.8 Å². The van der Waals surface area contributed by atoms with Gasteiger partial charge in [0, 0.05) is 104 Å². The van der Waals surface area contributed by atoms with Crippen LogP contribution in [0.1, 0.15) is 68.9 Å². The first-order chi connectivity index (χ1) is 37.8. The minimum Gasteiger partial charge on any atom is -0.488 e. The van der Waals surface area contributed by atoms with Crippen molar-refractivity contribution in [2.75, 3.05) is 30.0 Å². The highest BCUT2D eigenvalue weighted by molar-refractivity contribution is 9.10. The number of methoxy groups -OCH3 is 1. The van der Waals surface area contributed by atoms with Gasteiger partial charge in [-0.2, -0.15) is 0 Å². The number of benzene rings is 6. The molecule has 2 aliphatic rings. The van der Waals surface area contributed by atoms with Gasteiger partial charge >= 0.3 is 11.9 Å². The summed E-state index contributed by atoms with van der Waals surface area (Å²) in [6.07, 6.45) is 2.24. The van der Waals surface area contributed by atoms with Crippen LogP contribution in [0.25, 0.3) is 33.9 Å². The van der Waals surface area contributed by atoms with E-state index >= 15 is 0 Å². The maximum atomic E-state index is 14.3. The number of carbonyl (C=O) groups is 4. The van der Waals surface area contributed by atoms with E-state index in [4.69, 9.17) is 14.2 Å². The Morgan fingerprint density at radius 2 is 0.924 bits per heavy atom. The highest BCUT2D eigenvalue weighted by Gasteiger charge is 2.27. The van der Waals surface area contributed by atoms with Crippen molar-refractivity contribution in [2.24, 2.45) is 0 Å². The predicted molar refractivity (Wildman–Crippen MR) is 290 cm³/mol. The topological polar surface area (TPSA) is 133 Å². The molecule has 10 rings (SSSR count). The Balaban J connectivity index is 0.000000192. The Morgan fingerprint density at radius 3 is 1.30 bits per heavy atom. The summed E-state index contributed by atoms with van der Waals surface area (Å²) >= 11 is 6.93. The summed E-state index contributed by atoms with van der Waals surface area (Å²) in [4.78, 5) is 52.7. The second-order valence-corrected chi connectivity index (χ2v) is 20.3. The van der Waals surface area contributed by atoms with Crippen molar-refractivity contribution in [2.45, 2.75) is 52.7 Å². The number of hydrogen-bond acceptors (Lipinski definition) is 7. The third-order valence-corrected chi connectivity index (χ3v) is 14.3. The summed E-state index contributed by atoms with van der Waals surface area (Å²) in [6, 6.07) is 30.0. The Hall–Kier alpha value is -8.10. The number of anilines is 2.